The normalized spacial score (nSPS) is 23.1. The predicted octanol–water partition coefficient (Wildman–Crippen LogP) is 2.27. The molecule has 5 rings (SSSR count). The number of urea groups is 1. The van der Waals surface area contributed by atoms with E-state index in [0.717, 1.165) is 36.7 Å². The van der Waals surface area contributed by atoms with Gasteiger partial charge in [-0.15, -0.1) is 0 Å². The SMILES string of the molecule is Cc1cccc(CN2C(=O)C3C(N=C4N(Cc5ccccc5)CCN43)N(C)C2=O)c1. The highest BCUT2D eigenvalue weighted by Gasteiger charge is 2.54. The topological polar surface area (TPSA) is 59.5 Å². The number of imide groups is 1. The number of aryl methyl sites for hydroxylation is 1. The number of benzene rings is 2. The number of fused-ring (bicyclic) bond motifs is 3. The Morgan fingerprint density at radius 3 is 2.50 bits per heavy atom. The number of nitrogens with zero attached hydrogens (tertiary/aromatic N) is 5. The standard InChI is InChI=1S/C23H25N5O2/c1-16-7-6-10-18(13-16)15-28-21(29)19-20(25(2)23(28)30)24-22-26(11-12-27(19)22)14-17-8-4-3-5-9-17/h3-10,13,19-20H,11-12,14-15H2,1-2H3. The molecule has 2 aromatic rings. The molecule has 2 aromatic carbocycles. The first-order valence-electron chi connectivity index (χ1n) is 10.3. The minimum Gasteiger partial charge on any atom is -0.337 e. The second kappa shape index (κ2) is 7.16. The Morgan fingerprint density at radius 1 is 0.967 bits per heavy atom. The minimum atomic E-state index is -0.465. The highest BCUT2D eigenvalue weighted by molar-refractivity contribution is 6.04. The molecule has 7 heteroatoms. The highest BCUT2D eigenvalue weighted by Crippen LogP contribution is 2.32. The van der Waals surface area contributed by atoms with Gasteiger partial charge in [-0.1, -0.05) is 60.2 Å². The van der Waals surface area contributed by atoms with Crippen LogP contribution < -0.4 is 0 Å². The third-order valence-corrected chi connectivity index (χ3v) is 6.10. The first-order chi connectivity index (χ1) is 14.5. The summed E-state index contributed by atoms with van der Waals surface area (Å²) >= 11 is 0. The van der Waals surface area contributed by atoms with Gasteiger partial charge < -0.3 is 14.7 Å². The van der Waals surface area contributed by atoms with Gasteiger partial charge in [-0.05, 0) is 18.1 Å². The molecule has 3 aliphatic heterocycles. The number of hydrogen-bond acceptors (Lipinski definition) is 5. The van der Waals surface area contributed by atoms with E-state index in [1.165, 1.54) is 10.5 Å². The van der Waals surface area contributed by atoms with Crippen molar-refractivity contribution in [3.05, 3.63) is 71.3 Å². The number of carbonyl (C=O) groups excluding carboxylic acids is 2. The van der Waals surface area contributed by atoms with Crippen molar-refractivity contribution in [3.8, 4) is 0 Å². The smallest absolute Gasteiger partial charge is 0.328 e. The van der Waals surface area contributed by atoms with Crippen molar-refractivity contribution in [3.63, 3.8) is 0 Å². The van der Waals surface area contributed by atoms with Crippen LogP contribution in [-0.4, -0.2) is 69.8 Å². The van der Waals surface area contributed by atoms with Crippen molar-refractivity contribution in [2.45, 2.75) is 32.2 Å². The first kappa shape index (κ1) is 18.7. The fourth-order valence-electron chi connectivity index (χ4n) is 4.59. The lowest BCUT2D eigenvalue weighted by atomic mass is 10.1. The summed E-state index contributed by atoms with van der Waals surface area (Å²) in [5, 5.41) is 0. The molecular weight excluding hydrogens is 378 g/mol. The van der Waals surface area contributed by atoms with Crippen molar-refractivity contribution >= 4 is 17.9 Å². The van der Waals surface area contributed by atoms with Gasteiger partial charge >= 0.3 is 6.03 Å². The zero-order chi connectivity index (χ0) is 20.8. The maximum Gasteiger partial charge on any atom is 0.328 e. The van der Waals surface area contributed by atoms with Gasteiger partial charge in [0.15, 0.2) is 18.2 Å². The Balaban J connectivity index is 1.39. The number of amides is 3. The van der Waals surface area contributed by atoms with Crippen LogP contribution >= 0.6 is 0 Å². The van der Waals surface area contributed by atoms with E-state index in [-0.39, 0.29) is 18.5 Å². The lowest BCUT2D eigenvalue weighted by Gasteiger charge is -2.40. The first-order valence-corrected chi connectivity index (χ1v) is 10.3. The Labute approximate surface area is 176 Å². The van der Waals surface area contributed by atoms with E-state index in [0.29, 0.717) is 0 Å². The van der Waals surface area contributed by atoms with Gasteiger partial charge in [0.05, 0.1) is 6.54 Å². The Kier molecular flexibility index (Phi) is 4.46. The molecular formula is C23H25N5O2. The zero-order valence-corrected chi connectivity index (χ0v) is 17.2. The average Bonchev–Trinajstić information content (AvgIpc) is 3.31. The third kappa shape index (κ3) is 3.01. The maximum atomic E-state index is 13.4. The summed E-state index contributed by atoms with van der Waals surface area (Å²) < 4.78 is 0. The van der Waals surface area contributed by atoms with E-state index in [2.05, 4.69) is 21.9 Å². The summed E-state index contributed by atoms with van der Waals surface area (Å²) in [5.41, 5.74) is 3.27. The molecule has 3 heterocycles. The van der Waals surface area contributed by atoms with E-state index in [1.54, 1.807) is 11.9 Å². The molecule has 3 aliphatic rings. The molecule has 154 valence electrons. The van der Waals surface area contributed by atoms with Crippen molar-refractivity contribution in [2.24, 2.45) is 4.99 Å². The molecule has 2 unspecified atom stereocenters. The minimum absolute atomic E-state index is 0.162. The average molecular weight is 403 g/mol. The lowest BCUT2D eigenvalue weighted by molar-refractivity contribution is -0.137. The van der Waals surface area contributed by atoms with Gasteiger partial charge in [-0.3, -0.25) is 9.69 Å². The van der Waals surface area contributed by atoms with Gasteiger partial charge in [0, 0.05) is 26.7 Å². The van der Waals surface area contributed by atoms with Gasteiger partial charge in [-0.2, -0.15) is 0 Å². The van der Waals surface area contributed by atoms with E-state index < -0.39 is 12.2 Å². The molecule has 0 N–H and O–H groups in total. The quantitative estimate of drug-likeness (QED) is 0.786. The number of carbonyl (C=O) groups is 2. The molecule has 0 aromatic heterocycles. The molecule has 0 saturated carbocycles. The van der Waals surface area contributed by atoms with Gasteiger partial charge in [0.25, 0.3) is 5.91 Å². The molecule has 0 bridgehead atoms. The maximum absolute atomic E-state index is 13.4. The van der Waals surface area contributed by atoms with Gasteiger partial charge in [0.2, 0.25) is 0 Å². The fraction of sp³-hybridized carbons (Fsp3) is 0.348. The molecule has 30 heavy (non-hydrogen) atoms. The van der Waals surface area contributed by atoms with Crippen LogP contribution in [0.5, 0.6) is 0 Å². The molecule has 2 fully saturated rings. The van der Waals surface area contributed by atoms with Crippen molar-refractivity contribution < 1.29 is 9.59 Å². The predicted molar refractivity (Wildman–Crippen MR) is 113 cm³/mol. The van der Waals surface area contributed by atoms with Gasteiger partial charge in [0.1, 0.15) is 0 Å². The fourth-order valence-corrected chi connectivity index (χ4v) is 4.59. The summed E-state index contributed by atoms with van der Waals surface area (Å²) in [7, 11) is 1.74. The van der Waals surface area contributed by atoms with E-state index in [9.17, 15) is 9.59 Å². The number of hydrogen-bond donors (Lipinski definition) is 0. The largest absolute Gasteiger partial charge is 0.337 e. The highest BCUT2D eigenvalue weighted by atomic mass is 16.2. The summed E-state index contributed by atoms with van der Waals surface area (Å²) in [6.07, 6.45) is -0.465. The second-order valence-electron chi connectivity index (χ2n) is 8.20. The van der Waals surface area contributed by atoms with Crippen LogP contribution in [0.25, 0.3) is 0 Å². The summed E-state index contributed by atoms with van der Waals surface area (Å²) in [4.78, 5) is 38.5. The van der Waals surface area contributed by atoms with Crippen LogP contribution in [-0.2, 0) is 17.9 Å². The molecule has 2 saturated heterocycles. The van der Waals surface area contributed by atoms with Crippen molar-refractivity contribution in [1.82, 2.24) is 19.6 Å². The third-order valence-electron chi connectivity index (χ3n) is 6.10. The Hall–Kier alpha value is -3.35. The molecule has 3 amide bonds. The number of likely N-dealkylation sites (N-methyl/N-ethyl adjacent to an activating group) is 1. The van der Waals surface area contributed by atoms with Crippen molar-refractivity contribution in [2.75, 3.05) is 20.1 Å². The lowest BCUT2D eigenvalue weighted by Crippen LogP contribution is -2.64. The molecule has 7 nitrogen and oxygen atoms in total. The zero-order valence-electron chi connectivity index (χ0n) is 17.2. The van der Waals surface area contributed by atoms with Gasteiger partial charge in [-0.25, -0.2) is 9.79 Å². The van der Waals surface area contributed by atoms with Crippen LogP contribution in [0.15, 0.2) is 59.6 Å². The summed E-state index contributed by atoms with van der Waals surface area (Å²) in [6.45, 7) is 4.59. The number of rotatable bonds is 4. The summed E-state index contributed by atoms with van der Waals surface area (Å²) in [6, 6.07) is 17.4. The molecule has 0 aliphatic carbocycles. The Bertz CT molecular complexity index is 1020. The van der Waals surface area contributed by atoms with Crippen LogP contribution in [0.1, 0.15) is 16.7 Å². The molecule has 2 atom stereocenters. The monoisotopic (exact) mass is 403 g/mol. The van der Waals surface area contributed by atoms with Crippen LogP contribution in [0.3, 0.4) is 0 Å². The van der Waals surface area contributed by atoms with E-state index >= 15 is 0 Å². The van der Waals surface area contributed by atoms with Crippen molar-refractivity contribution in [1.29, 1.82) is 0 Å². The summed E-state index contributed by atoms with van der Waals surface area (Å²) in [5.74, 6) is 0.657. The molecule has 0 radical (unpaired) electrons. The molecule has 0 spiro atoms. The Morgan fingerprint density at radius 2 is 1.73 bits per heavy atom. The number of guanidine groups is 1. The van der Waals surface area contributed by atoms with E-state index in [4.69, 9.17) is 4.99 Å². The number of aliphatic imine (C=N–C) groups is 1. The van der Waals surface area contributed by atoms with Crippen LogP contribution in [0, 0.1) is 6.92 Å². The van der Waals surface area contributed by atoms with Crippen LogP contribution in [0.4, 0.5) is 4.79 Å². The van der Waals surface area contributed by atoms with E-state index in [1.807, 2.05) is 49.4 Å². The second-order valence-corrected chi connectivity index (χ2v) is 8.20. The van der Waals surface area contributed by atoms with Crippen LogP contribution in [0.2, 0.25) is 0 Å².